The lowest BCUT2D eigenvalue weighted by molar-refractivity contribution is 0.462. The first-order valence-corrected chi connectivity index (χ1v) is 7.68. The normalized spacial score (nSPS) is 17.4. The van der Waals surface area contributed by atoms with E-state index in [1.54, 1.807) is 6.33 Å². The third kappa shape index (κ3) is 2.90. The van der Waals surface area contributed by atoms with Crippen molar-refractivity contribution in [2.75, 3.05) is 19.6 Å². The van der Waals surface area contributed by atoms with Gasteiger partial charge in [0.15, 0.2) is 0 Å². The molecule has 7 heteroatoms. The van der Waals surface area contributed by atoms with E-state index in [4.69, 9.17) is 0 Å². The predicted molar refractivity (Wildman–Crippen MR) is 69.4 cm³/mol. The SMILES string of the molecule is Cc1ncn(CCNS(=O)(=O)N2CCCC2)c1C. The molecule has 0 unspecified atom stereocenters. The summed E-state index contributed by atoms with van der Waals surface area (Å²) in [6, 6.07) is 0. The van der Waals surface area contributed by atoms with E-state index < -0.39 is 10.2 Å². The zero-order valence-corrected chi connectivity index (χ0v) is 11.7. The van der Waals surface area contributed by atoms with Crippen LogP contribution in [0, 0.1) is 13.8 Å². The maximum atomic E-state index is 11.9. The zero-order valence-electron chi connectivity index (χ0n) is 10.9. The van der Waals surface area contributed by atoms with E-state index in [-0.39, 0.29) is 0 Å². The molecule has 1 fully saturated rings. The van der Waals surface area contributed by atoms with Crippen LogP contribution in [0.1, 0.15) is 24.2 Å². The molecule has 1 saturated heterocycles. The number of hydrogen-bond acceptors (Lipinski definition) is 3. The molecule has 0 aliphatic carbocycles. The highest BCUT2D eigenvalue weighted by Gasteiger charge is 2.24. The number of imidazole rings is 1. The van der Waals surface area contributed by atoms with Crippen molar-refractivity contribution in [1.82, 2.24) is 18.6 Å². The van der Waals surface area contributed by atoms with Crippen molar-refractivity contribution in [3.8, 4) is 0 Å². The molecule has 1 N–H and O–H groups in total. The van der Waals surface area contributed by atoms with Gasteiger partial charge in [0.05, 0.1) is 12.0 Å². The first-order chi connectivity index (χ1) is 8.50. The molecule has 0 atom stereocenters. The first-order valence-electron chi connectivity index (χ1n) is 6.24. The third-order valence-electron chi connectivity index (χ3n) is 3.39. The minimum Gasteiger partial charge on any atom is -0.333 e. The maximum Gasteiger partial charge on any atom is 0.279 e. The van der Waals surface area contributed by atoms with Gasteiger partial charge in [0, 0.05) is 31.9 Å². The van der Waals surface area contributed by atoms with Crippen LogP contribution in [0.25, 0.3) is 0 Å². The Kier molecular flexibility index (Phi) is 4.04. The lowest BCUT2D eigenvalue weighted by Gasteiger charge is -2.16. The van der Waals surface area contributed by atoms with Crippen molar-refractivity contribution in [1.29, 1.82) is 0 Å². The van der Waals surface area contributed by atoms with Gasteiger partial charge < -0.3 is 4.57 Å². The van der Waals surface area contributed by atoms with Gasteiger partial charge in [-0.3, -0.25) is 0 Å². The molecule has 6 nitrogen and oxygen atoms in total. The van der Waals surface area contributed by atoms with Gasteiger partial charge in [-0.25, -0.2) is 9.71 Å². The summed E-state index contributed by atoms with van der Waals surface area (Å²) in [6.07, 6.45) is 3.66. The summed E-state index contributed by atoms with van der Waals surface area (Å²) >= 11 is 0. The van der Waals surface area contributed by atoms with Crippen LogP contribution in [0.15, 0.2) is 6.33 Å². The van der Waals surface area contributed by atoms with Gasteiger partial charge in [-0.2, -0.15) is 12.7 Å². The topological polar surface area (TPSA) is 67.2 Å². The summed E-state index contributed by atoms with van der Waals surface area (Å²) in [4.78, 5) is 4.18. The van der Waals surface area contributed by atoms with Crippen molar-refractivity contribution in [2.45, 2.75) is 33.2 Å². The quantitative estimate of drug-likeness (QED) is 0.845. The van der Waals surface area contributed by atoms with E-state index in [2.05, 4.69) is 9.71 Å². The standard InChI is InChI=1S/C11H20N4O2S/c1-10-11(2)14(9-12-10)8-5-13-18(16,17)15-6-3-4-7-15/h9,13H,3-8H2,1-2H3. The summed E-state index contributed by atoms with van der Waals surface area (Å²) in [5, 5.41) is 0. The van der Waals surface area contributed by atoms with E-state index in [1.807, 2.05) is 18.4 Å². The van der Waals surface area contributed by atoms with Crippen LogP contribution < -0.4 is 4.72 Å². The van der Waals surface area contributed by atoms with E-state index in [9.17, 15) is 8.42 Å². The Morgan fingerprint density at radius 1 is 1.33 bits per heavy atom. The Hall–Kier alpha value is -0.920. The van der Waals surface area contributed by atoms with Crippen molar-refractivity contribution in [3.05, 3.63) is 17.7 Å². The van der Waals surface area contributed by atoms with Gasteiger partial charge in [-0.15, -0.1) is 0 Å². The van der Waals surface area contributed by atoms with Crippen molar-refractivity contribution >= 4 is 10.2 Å². The Balaban J connectivity index is 1.86. The molecule has 0 aromatic carbocycles. The van der Waals surface area contributed by atoms with Crippen molar-refractivity contribution < 1.29 is 8.42 Å². The number of rotatable bonds is 5. The summed E-state index contributed by atoms with van der Waals surface area (Å²) in [5.74, 6) is 0. The zero-order chi connectivity index (χ0) is 13.2. The minimum atomic E-state index is -3.29. The summed E-state index contributed by atoms with van der Waals surface area (Å²) in [5.41, 5.74) is 2.06. The highest BCUT2D eigenvalue weighted by Crippen LogP contribution is 2.11. The second-order valence-corrected chi connectivity index (χ2v) is 6.37. The lowest BCUT2D eigenvalue weighted by Crippen LogP contribution is -2.40. The Labute approximate surface area is 108 Å². The van der Waals surface area contributed by atoms with Crippen molar-refractivity contribution in [3.63, 3.8) is 0 Å². The highest BCUT2D eigenvalue weighted by atomic mass is 32.2. The third-order valence-corrected chi connectivity index (χ3v) is 5.00. The minimum absolute atomic E-state index is 0.398. The average Bonchev–Trinajstić information content (AvgIpc) is 2.94. The molecule has 1 aliphatic heterocycles. The van der Waals surface area contributed by atoms with E-state index >= 15 is 0 Å². The van der Waals surface area contributed by atoms with Crippen LogP contribution in [0.2, 0.25) is 0 Å². The molecular formula is C11H20N4O2S. The highest BCUT2D eigenvalue weighted by molar-refractivity contribution is 7.87. The van der Waals surface area contributed by atoms with E-state index in [1.165, 1.54) is 4.31 Å². The van der Waals surface area contributed by atoms with Gasteiger partial charge in [0.25, 0.3) is 10.2 Å². The van der Waals surface area contributed by atoms with Crippen LogP contribution >= 0.6 is 0 Å². The fourth-order valence-corrected chi connectivity index (χ4v) is 3.36. The molecule has 0 spiro atoms. The van der Waals surface area contributed by atoms with Crippen LogP contribution in [0.3, 0.4) is 0 Å². The molecular weight excluding hydrogens is 252 g/mol. The molecule has 18 heavy (non-hydrogen) atoms. The number of aryl methyl sites for hydroxylation is 1. The molecule has 0 amide bonds. The van der Waals surface area contributed by atoms with Crippen LogP contribution in [0.4, 0.5) is 0 Å². The van der Waals surface area contributed by atoms with Gasteiger partial charge in [0.1, 0.15) is 0 Å². The average molecular weight is 272 g/mol. The van der Waals surface area contributed by atoms with Gasteiger partial charge >= 0.3 is 0 Å². The maximum absolute atomic E-state index is 11.9. The Morgan fingerprint density at radius 3 is 2.56 bits per heavy atom. The second-order valence-electron chi connectivity index (χ2n) is 4.61. The first kappa shape index (κ1) is 13.5. The lowest BCUT2D eigenvalue weighted by atomic mass is 10.4. The molecule has 0 bridgehead atoms. The molecule has 102 valence electrons. The largest absolute Gasteiger partial charge is 0.333 e. The molecule has 1 aliphatic rings. The van der Waals surface area contributed by atoms with E-state index in [0.29, 0.717) is 26.2 Å². The molecule has 2 rings (SSSR count). The van der Waals surface area contributed by atoms with Crippen LogP contribution in [-0.4, -0.2) is 41.9 Å². The Bertz CT molecular complexity index is 503. The summed E-state index contributed by atoms with van der Waals surface area (Å²) in [6.45, 7) is 6.21. The fraction of sp³-hybridized carbons (Fsp3) is 0.727. The van der Waals surface area contributed by atoms with Crippen LogP contribution in [-0.2, 0) is 16.8 Å². The second kappa shape index (κ2) is 5.38. The number of nitrogens with one attached hydrogen (secondary N) is 1. The summed E-state index contributed by atoms with van der Waals surface area (Å²) < 4.78 is 29.9. The molecule has 0 radical (unpaired) electrons. The number of aromatic nitrogens is 2. The predicted octanol–water partition coefficient (Wildman–Crippen LogP) is 0.430. The number of hydrogen-bond donors (Lipinski definition) is 1. The molecule has 1 aromatic heterocycles. The fourth-order valence-electron chi connectivity index (χ4n) is 2.08. The van der Waals surface area contributed by atoms with Crippen molar-refractivity contribution in [2.24, 2.45) is 0 Å². The summed E-state index contributed by atoms with van der Waals surface area (Å²) in [7, 11) is -3.29. The molecule has 0 saturated carbocycles. The monoisotopic (exact) mass is 272 g/mol. The Morgan fingerprint density at radius 2 is 2.00 bits per heavy atom. The number of nitrogens with zero attached hydrogens (tertiary/aromatic N) is 3. The molecule has 2 heterocycles. The van der Waals surface area contributed by atoms with Crippen LogP contribution in [0.5, 0.6) is 0 Å². The molecule has 1 aromatic rings. The van der Waals surface area contributed by atoms with E-state index in [0.717, 1.165) is 24.2 Å². The van der Waals surface area contributed by atoms with Gasteiger partial charge in [-0.05, 0) is 26.7 Å². The van der Waals surface area contributed by atoms with Gasteiger partial charge in [-0.1, -0.05) is 0 Å². The van der Waals surface area contributed by atoms with Gasteiger partial charge in [0.2, 0.25) is 0 Å². The smallest absolute Gasteiger partial charge is 0.279 e.